The molecule has 6 rings (SSSR count). The summed E-state index contributed by atoms with van der Waals surface area (Å²) in [4.78, 5) is 39.3. The van der Waals surface area contributed by atoms with E-state index in [0.29, 0.717) is 42.1 Å². The van der Waals surface area contributed by atoms with Crippen LogP contribution in [0.15, 0.2) is 70.4 Å². The SMILES string of the molecule is Cc1ccc(S(=O)(=O)N2CCCC2)cc1-c1ccc(CC(NC(=O)C2CCC(CN)CC2)C(=O)Nc2ccc3c(=O)[nH][nH]c3c2)cc1. The molecule has 4 aromatic rings. The second kappa shape index (κ2) is 13.8. The maximum Gasteiger partial charge on any atom is 0.271 e. The van der Waals surface area contributed by atoms with Gasteiger partial charge in [0.05, 0.1) is 15.8 Å². The van der Waals surface area contributed by atoms with E-state index in [9.17, 15) is 22.8 Å². The summed E-state index contributed by atoms with van der Waals surface area (Å²) in [6, 6.07) is 17.0. The Balaban J connectivity index is 1.21. The number of nitrogens with one attached hydrogen (secondary N) is 4. The van der Waals surface area contributed by atoms with Gasteiger partial charge in [-0.3, -0.25) is 24.6 Å². The summed E-state index contributed by atoms with van der Waals surface area (Å²) in [5.41, 5.74) is 10.1. The second-order valence-electron chi connectivity index (χ2n) is 12.8. The van der Waals surface area contributed by atoms with Crippen LogP contribution in [0, 0.1) is 18.8 Å². The van der Waals surface area contributed by atoms with E-state index in [0.717, 1.165) is 60.8 Å². The van der Waals surface area contributed by atoms with Gasteiger partial charge in [0, 0.05) is 31.1 Å². The lowest BCUT2D eigenvalue weighted by Crippen LogP contribution is -2.48. The maximum atomic E-state index is 13.7. The summed E-state index contributed by atoms with van der Waals surface area (Å²) in [5, 5.41) is 11.7. The minimum Gasteiger partial charge on any atom is -0.344 e. The first-order valence-corrected chi connectivity index (χ1v) is 17.8. The van der Waals surface area contributed by atoms with E-state index < -0.39 is 16.1 Å². The highest BCUT2D eigenvalue weighted by molar-refractivity contribution is 7.89. The molecular weight excluding hydrogens is 616 g/mol. The van der Waals surface area contributed by atoms with Crippen LogP contribution in [0.25, 0.3) is 22.0 Å². The molecule has 1 unspecified atom stereocenters. The monoisotopic (exact) mass is 658 g/mol. The molecule has 0 bridgehead atoms. The maximum absolute atomic E-state index is 13.7. The Morgan fingerprint density at radius 1 is 0.957 bits per heavy atom. The van der Waals surface area contributed by atoms with Gasteiger partial charge in [0.15, 0.2) is 0 Å². The standard InChI is InChI=1S/C35H42N6O5S/c1-22-4-14-28(47(45,46)41-16-2-3-17-41)20-30(22)25-9-5-23(6-10-25)18-32(38-33(42)26-11-7-24(21-36)8-12-26)35(44)37-27-13-15-29-31(19-27)39-40-34(29)43/h4-6,9-10,13-15,19-20,24,26,32H,2-3,7-8,11-12,16-18,21,36H2,1H3,(H,37,44)(H,38,42)(H2,39,40,43). The van der Waals surface area contributed by atoms with Gasteiger partial charge in [-0.25, -0.2) is 8.42 Å². The summed E-state index contributed by atoms with van der Waals surface area (Å²) in [6.45, 7) is 3.65. The highest BCUT2D eigenvalue weighted by atomic mass is 32.2. The molecule has 6 N–H and O–H groups in total. The van der Waals surface area contributed by atoms with E-state index in [-0.39, 0.29) is 34.6 Å². The molecular formula is C35H42N6O5S. The second-order valence-corrected chi connectivity index (χ2v) is 14.8. The molecule has 2 fully saturated rings. The van der Waals surface area contributed by atoms with Gasteiger partial charge in [-0.2, -0.15) is 4.31 Å². The highest BCUT2D eigenvalue weighted by Crippen LogP contribution is 2.30. The van der Waals surface area contributed by atoms with Crippen LogP contribution in [0.5, 0.6) is 0 Å². The Morgan fingerprint density at radius 3 is 2.38 bits per heavy atom. The van der Waals surface area contributed by atoms with Crippen molar-refractivity contribution in [2.45, 2.75) is 62.8 Å². The van der Waals surface area contributed by atoms with Crippen LogP contribution in [0.2, 0.25) is 0 Å². The average molecular weight is 659 g/mol. The van der Waals surface area contributed by atoms with Gasteiger partial charge in [-0.1, -0.05) is 30.3 Å². The molecule has 2 aliphatic rings. The fourth-order valence-electron chi connectivity index (χ4n) is 6.71. The number of benzene rings is 3. The molecule has 1 atom stereocenters. The fourth-order valence-corrected chi connectivity index (χ4v) is 8.25. The number of aromatic nitrogens is 2. The minimum atomic E-state index is -3.56. The zero-order valence-corrected chi connectivity index (χ0v) is 27.4. The number of hydrogen-bond donors (Lipinski definition) is 5. The predicted molar refractivity (Wildman–Crippen MR) is 182 cm³/mol. The molecule has 2 amide bonds. The first kappa shape index (κ1) is 32.7. The third-order valence-electron chi connectivity index (χ3n) is 9.64. The summed E-state index contributed by atoms with van der Waals surface area (Å²) in [6.07, 6.45) is 5.25. The Kier molecular flexibility index (Phi) is 9.62. The number of aromatic amines is 2. The predicted octanol–water partition coefficient (Wildman–Crippen LogP) is 4.05. The molecule has 47 heavy (non-hydrogen) atoms. The third-order valence-corrected chi connectivity index (χ3v) is 11.5. The number of nitrogens with zero attached hydrogens (tertiary/aromatic N) is 1. The minimum absolute atomic E-state index is 0.144. The smallest absolute Gasteiger partial charge is 0.271 e. The Labute approximate surface area is 274 Å². The zero-order valence-electron chi connectivity index (χ0n) is 26.6. The number of sulfonamides is 1. The van der Waals surface area contributed by atoms with Crippen molar-refractivity contribution in [3.63, 3.8) is 0 Å². The van der Waals surface area contributed by atoms with Crippen LogP contribution < -0.4 is 21.9 Å². The molecule has 0 spiro atoms. The van der Waals surface area contributed by atoms with E-state index in [4.69, 9.17) is 5.73 Å². The molecule has 1 saturated heterocycles. The molecule has 1 saturated carbocycles. The number of amides is 2. The quantitative estimate of drug-likeness (QED) is 0.172. The summed E-state index contributed by atoms with van der Waals surface area (Å²) < 4.78 is 28.0. The van der Waals surface area contributed by atoms with Gasteiger partial charge in [0.1, 0.15) is 6.04 Å². The number of carbonyl (C=O) groups is 2. The molecule has 1 aliphatic carbocycles. The molecule has 1 aromatic heterocycles. The molecule has 12 heteroatoms. The van der Waals surface area contributed by atoms with E-state index in [1.54, 1.807) is 34.6 Å². The van der Waals surface area contributed by atoms with Crippen LogP contribution in [0.1, 0.15) is 49.7 Å². The first-order chi connectivity index (χ1) is 22.6. The van der Waals surface area contributed by atoms with Crippen LogP contribution in [0.3, 0.4) is 0 Å². The van der Waals surface area contributed by atoms with Gasteiger partial charge >= 0.3 is 0 Å². The average Bonchev–Trinajstić information content (AvgIpc) is 3.76. The first-order valence-electron chi connectivity index (χ1n) is 16.3. The van der Waals surface area contributed by atoms with E-state index >= 15 is 0 Å². The molecule has 11 nitrogen and oxygen atoms in total. The lowest BCUT2D eigenvalue weighted by molar-refractivity contribution is -0.130. The lowest BCUT2D eigenvalue weighted by atomic mass is 9.81. The van der Waals surface area contributed by atoms with Crippen LogP contribution >= 0.6 is 0 Å². The number of fused-ring (bicyclic) bond motifs is 1. The van der Waals surface area contributed by atoms with Gasteiger partial charge in [-0.15, -0.1) is 0 Å². The molecule has 2 heterocycles. The highest BCUT2D eigenvalue weighted by Gasteiger charge is 2.30. The number of aryl methyl sites for hydroxylation is 1. The number of carbonyl (C=O) groups excluding carboxylic acids is 2. The van der Waals surface area contributed by atoms with Crippen molar-refractivity contribution in [2.24, 2.45) is 17.6 Å². The fraction of sp³-hybridized carbons (Fsp3) is 0.400. The lowest BCUT2D eigenvalue weighted by Gasteiger charge is -2.28. The number of rotatable bonds is 10. The van der Waals surface area contributed by atoms with Crippen molar-refractivity contribution < 1.29 is 18.0 Å². The Hall–Kier alpha value is -4.26. The number of hydrogen-bond acceptors (Lipinski definition) is 6. The number of nitrogens with two attached hydrogens (primary N) is 1. The van der Waals surface area contributed by atoms with Crippen LogP contribution in [-0.2, 0) is 26.0 Å². The summed E-state index contributed by atoms with van der Waals surface area (Å²) in [7, 11) is -3.56. The largest absolute Gasteiger partial charge is 0.344 e. The third kappa shape index (κ3) is 7.19. The number of H-pyrrole nitrogens is 2. The van der Waals surface area contributed by atoms with Gasteiger partial charge in [-0.05, 0) is 110 Å². The summed E-state index contributed by atoms with van der Waals surface area (Å²) >= 11 is 0. The van der Waals surface area contributed by atoms with Gasteiger partial charge < -0.3 is 16.4 Å². The van der Waals surface area contributed by atoms with Crippen molar-refractivity contribution in [3.05, 3.63) is 82.1 Å². The van der Waals surface area contributed by atoms with E-state index in [2.05, 4.69) is 20.8 Å². The Bertz CT molecular complexity index is 1920. The molecule has 3 aromatic carbocycles. The van der Waals surface area contributed by atoms with Crippen molar-refractivity contribution in [1.82, 2.24) is 19.8 Å². The van der Waals surface area contributed by atoms with E-state index in [1.165, 1.54) is 0 Å². The van der Waals surface area contributed by atoms with Crippen LogP contribution in [-0.4, -0.2) is 60.4 Å². The zero-order chi connectivity index (χ0) is 33.1. The van der Waals surface area contributed by atoms with E-state index in [1.807, 2.05) is 37.3 Å². The van der Waals surface area contributed by atoms with Crippen molar-refractivity contribution >= 4 is 38.4 Å². The molecule has 248 valence electrons. The topological polar surface area (TPSA) is 170 Å². The van der Waals surface area contributed by atoms with Crippen molar-refractivity contribution in [3.8, 4) is 11.1 Å². The van der Waals surface area contributed by atoms with Gasteiger partial charge in [0.25, 0.3) is 5.56 Å². The molecule has 1 aliphatic heterocycles. The van der Waals surface area contributed by atoms with Crippen molar-refractivity contribution in [2.75, 3.05) is 25.0 Å². The van der Waals surface area contributed by atoms with Gasteiger partial charge in [0.2, 0.25) is 21.8 Å². The van der Waals surface area contributed by atoms with Crippen molar-refractivity contribution in [1.29, 1.82) is 0 Å². The van der Waals surface area contributed by atoms with Crippen LogP contribution in [0.4, 0.5) is 5.69 Å². The molecule has 0 radical (unpaired) electrons. The normalized spacial score (nSPS) is 19.4. The number of anilines is 1. The Morgan fingerprint density at radius 2 is 1.68 bits per heavy atom. The summed E-state index contributed by atoms with van der Waals surface area (Å²) in [5.74, 6) is -0.264.